The molecule has 7 nitrogen and oxygen atoms in total. The van der Waals surface area contributed by atoms with Gasteiger partial charge in [0.25, 0.3) is 5.91 Å². The third kappa shape index (κ3) is 5.35. The van der Waals surface area contributed by atoms with E-state index in [-0.39, 0.29) is 40.4 Å². The number of hydrogen-bond acceptors (Lipinski definition) is 4. The predicted molar refractivity (Wildman–Crippen MR) is 129 cm³/mol. The Balaban J connectivity index is 1.40. The van der Waals surface area contributed by atoms with Crippen LogP contribution in [0.1, 0.15) is 27.2 Å². The summed E-state index contributed by atoms with van der Waals surface area (Å²) in [5.74, 6) is -0.195. The van der Waals surface area contributed by atoms with Crippen molar-refractivity contribution in [1.29, 1.82) is 0 Å². The largest absolute Gasteiger partial charge is 0.471 e. The number of aryl methyl sites for hydroxylation is 2. The number of ether oxygens (including phenoxy) is 1. The molecule has 0 bridgehead atoms. The Bertz CT molecular complexity index is 1330. The highest BCUT2D eigenvalue weighted by atomic mass is 35.5. The lowest BCUT2D eigenvalue weighted by molar-refractivity contribution is 0.101. The maximum Gasteiger partial charge on any atom is 0.277 e. The molecule has 0 unspecified atom stereocenters. The normalized spacial score (nSPS) is 11.0. The van der Waals surface area contributed by atoms with Gasteiger partial charge in [-0.2, -0.15) is 10.2 Å². The van der Waals surface area contributed by atoms with E-state index in [2.05, 4.69) is 15.5 Å². The second-order valence-corrected chi connectivity index (χ2v) is 8.75. The van der Waals surface area contributed by atoms with E-state index < -0.39 is 11.7 Å². The van der Waals surface area contributed by atoms with Crippen molar-refractivity contribution in [2.45, 2.75) is 27.1 Å². The SMILES string of the molecule is Cc1cc(OCn2ccc(C(=O)Nc3nn(Cc4c(F)cccc4Cl)cc3Cl)n2)cc(C)c1Cl. The van der Waals surface area contributed by atoms with Crippen LogP contribution in [0.15, 0.2) is 48.8 Å². The third-order valence-electron chi connectivity index (χ3n) is 4.98. The highest BCUT2D eigenvalue weighted by Crippen LogP contribution is 2.26. The van der Waals surface area contributed by atoms with Crippen LogP contribution in [0.3, 0.4) is 0 Å². The topological polar surface area (TPSA) is 74.0 Å². The van der Waals surface area contributed by atoms with Gasteiger partial charge in [0.15, 0.2) is 18.2 Å². The molecule has 4 rings (SSSR count). The van der Waals surface area contributed by atoms with Crippen LogP contribution in [-0.4, -0.2) is 25.5 Å². The monoisotopic (exact) mass is 521 g/mol. The van der Waals surface area contributed by atoms with Crippen LogP contribution in [0.25, 0.3) is 0 Å². The number of anilines is 1. The molecule has 2 aromatic heterocycles. The first-order valence-electron chi connectivity index (χ1n) is 10.1. The molecule has 0 aliphatic rings. The van der Waals surface area contributed by atoms with Crippen LogP contribution < -0.4 is 10.1 Å². The lowest BCUT2D eigenvalue weighted by Gasteiger charge is -2.10. The van der Waals surface area contributed by atoms with Crippen molar-refractivity contribution in [2.75, 3.05) is 5.32 Å². The summed E-state index contributed by atoms with van der Waals surface area (Å²) in [5.41, 5.74) is 2.23. The lowest BCUT2D eigenvalue weighted by atomic mass is 10.1. The van der Waals surface area contributed by atoms with Crippen molar-refractivity contribution < 1.29 is 13.9 Å². The number of hydrogen-bond donors (Lipinski definition) is 1. The molecular formula is C23H19Cl3FN5O2. The van der Waals surface area contributed by atoms with Crippen molar-refractivity contribution in [3.05, 3.63) is 92.1 Å². The zero-order valence-electron chi connectivity index (χ0n) is 18.2. The van der Waals surface area contributed by atoms with Gasteiger partial charge in [-0.05, 0) is 55.3 Å². The third-order valence-corrected chi connectivity index (χ3v) is 6.20. The number of nitrogens with one attached hydrogen (secondary N) is 1. The summed E-state index contributed by atoms with van der Waals surface area (Å²) >= 11 is 18.5. The Morgan fingerprint density at radius 3 is 2.50 bits per heavy atom. The van der Waals surface area contributed by atoms with Gasteiger partial charge in [-0.15, -0.1) is 0 Å². The van der Waals surface area contributed by atoms with E-state index >= 15 is 0 Å². The molecule has 34 heavy (non-hydrogen) atoms. The number of halogens is 4. The molecular weight excluding hydrogens is 504 g/mol. The molecule has 2 heterocycles. The molecule has 0 radical (unpaired) electrons. The van der Waals surface area contributed by atoms with Gasteiger partial charge in [0, 0.05) is 28.0 Å². The van der Waals surface area contributed by atoms with Crippen molar-refractivity contribution in [3.8, 4) is 5.75 Å². The highest BCUT2D eigenvalue weighted by Gasteiger charge is 2.16. The maximum atomic E-state index is 14.1. The molecule has 0 spiro atoms. The minimum atomic E-state index is -0.506. The number of carbonyl (C=O) groups is 1. The van der Waals surface area contributed by atoms with E-state index in [1.165, 1.54) is 27.7 Å². The van der Waals surface area contributed by atoms with Gasteiger partial charge >= 0.3 is 0 Å². The fourth-order valence-corrected chi connectivity index (χ4v) is 3.79. The molecule has 176 valence electrons. The van der Waals surface area contributed by atoms with Gasteiger partial charge in [0.1, 0.15) is 16.6 Å². The van der Waals surface area contributed by atoms with Crippen molar-refractivity contribution in [1.82, 2.24) is 19.6 Å². The van der Waals surface area contributed by atoms with Crippen LogP contribution in [-0.2, 0) is 13.3 Å². The Labute approximate surface area is 210 Å². The Hall–Kier alpha value is -3.07. The van der Waals surface area contributed by atoms with Gasteiger partial charge in [0.2, 0.25) is 0 Å². The Kier molecular flexibility index (Phi) is 7.11. The average Bonchev–Trinajstić information content (AvgIpc) is 3.40. The fraction of sp³-hybridized carbons (Fsp3) is 0.174. The molecule has 0 aliphatic carbocycles. The van der Waals surface area contributed by atoms with Crippen molar-refractivity contribution >= 4 is 46.5 Å². The number of carbonyl (C=O) groups excluding carboxylic acids is 1. The second kappa shape index (κ2) is 10.0. The van der Waals surface area contributed by atoms with E-state index in [0.717, 1.165) is 11.1 Å². The van der Waals surface area contributed by atoms with Crippen molar-refractivity contribution in [2.24, 2.45) is 0 Å². The maximum absolute atomic E-state index is 14.1. The van der Waals surface area contributed by atoms with E-state index in [9.17, 15) is 9.18 Å². The molecule has 0 atom stereocenters. The number of aromatic nitrogens is 4. The van der Waals surface area contributed by atoms with E-state index in [1.807, 2.05) is 26.0 Å². The number of rotatable bonds is 7. The van der Waals surface area contributed by atoms with Gasteiger partial charge in [-0.25, -0.2) is 9.07 Å². The minimum absolute atomic E-state index is 0.0523. The van der Waals surface area contributed by atoms with Gasteiger partial charge in [0.05, 0.1) is 6.54 Å². The molecule has 4 aromatic rings. The molecule has 0 saturated heterocycles. The first-order chi connectivity index (χ1) is 16.2. The molecule has 1 amide bonds. The van der Waals surface area contributed by atoms with Crippen LogP contribution in [0.5, 0.6) is 5.75 Å². The number of nitrogens with zero attached hydrogens (tertiary/aromatic N) is 4. The number of benzene rings is 2. The molecule has 2 aromatic carbocycles. The summed E-state index contributed by atoms with van der Waals surface area (Å²) in [6, 6.07) is 9.62. The standard InChI is InChI=1S/C23H19Cl3FN5O2/c1-13-8-15(9-14(2)21(13)26)34-12-31-7-6-20(29-31)23(33)28-22-18(25)11-32(30-22)10-16-17(24)4-3-5-19(16)27/h3-9,11H,10,12H2,1-2H3,(H,28,30,33). The quantitative estimate of drug-likeness (QED) is 0.317. The Morgan fingerprint density at radius 1 is 1.06 bits per heavy atom. The lowest BCUT2D eigenvalue weighted by Crippen LogP contribution is -2.15. The Morgan fingerprint density at radius 2 is 1.79 bits per heavy atom. The first kappa shape index (κ1) is 24.1. The van der Waals surface area contributed by atoms with E-state index in [1.54, 1.807) is 18.3 Å². The van der Waals surface area contributed by atoms with Crippen LogP contribution in [0.4, 0.5) is 10.2 Å². The first-order valence-corrected chi connectivity index (χ1v) is 11.2. The van der Waals surface area contributed by atoms with E-state index in [4.69, 9.17) is 39.5 Å². The summed E-state index contributed by atoms with van der Waals surface area (Å²) in [6.07, 6.45) is 3.09. The fourth-order valence-electron chi connectivity index (χ4n) is 3.26. The van der Waals surface area contributed by atoms with Crippen LogP contribution in [0, 0.1) is 19.7 Å². The molecule has 1 N–H and O–H groups in total. The molecule has 0 aliphatic heterocycles. The minimum Gasteiger partial charge on any atom is -0.471 e. The summed E-state index contributed by atoms with van der Waals surface area (Å²) in [4.78, 5) is 12.6. The zero-order chi connectivity index (χ0) is 24.4. The second-order valence-electron chi connectivity index (χ2n) is 7.56. The van der Waals surface area contributed by atoms with E-state index in [0.29, 0.717) is 10.8 Å². The molecule has 0 fully saturated rings. The van der Waals surface area contributed by atoms with Crippen LogP contribution in [0.2, 0.25) is 15.1 Å². The summed E-state index contributed by atoms with van der Waals surface area (Å²) in [7, 11) is 0. The zero-order valence-corrected chi connectivity index (χ0v) is 20.4. The molecule has 0 saturated carbocycles. The predicted octanol–water partition coefficient (Wildman–Crippen LogP) is 6.13. The van der Waals surface area contributed by atoms with Crippen molar-refractivity contribution in [3.63, 3.8) is 0 Å². The van der Waals surface area contributed by atoms with Crippen LogP contribution >= 0.6 is 34.8 Å². The number of amides is 1. The smallest absolute Gasteiger partial charge is 0.277 e. The summed E-state index contributed by atoms with van der Waals surface area (Å²) in [6.45, 7) is 3.95. The summed E-state index contributed by atoms with van der Waals surface area (Å²) < 4.78 is 22.7. The van der Waals surface area contributed by atoms with Gasteiger partial charge in [-0.3, -0.25) is 9.48 Å². The van der Waals surface area contributed by atoms with Gasteiger partial charge < -0.3 is 10.1 Å². The highest BCUT2D eigenvalue weighted by molar-refractivity contribution is 6.33. The van der Waals surface area contributed by atoms with Gasteiger partial charge in [-0.1, -0.05) is 40.9 Å². The summed E-state index contributed by atoms with van der Waals surface area (Å²) in [5, 5.41) is 12.2. The average molecular weight is 523 g/mol. The molecule has 11 heteroatoms.